The monoisotopic (exact) mass is 495 g/mol. The number of rotatable bonds is 7. The Hall–Kier alpha value is -3.35. The largest absolute Gasteiger partial charge is 0.496 e. The summed E-state index contributed by atoms with van der Waals surface area (Å²) in [5.74, 6) is -0.699. The van der Waals surface area contributed by atoms with Gasteiger partial charge >= 0.3 is 11.9 Å². The van der Waals surface area contributed by atoms with Gasteiger partial charge in [-0.2, -0.15) is 0 Å². The summed E-state index contributed by atoms with van der Waals surface area (Å²) in [6, 6.07) is 10.5. The first-order valence-corrected chi connectivity index (χ1v) is 12.3. The fraction of sp³-hybridized carbons (Fsp3) is 0.483. The summed E-state index contributed by atoms with van der Waals surface area (Å²) in [6.07, 6.45) is 0.519. The number of amides is 1. The van der Waals surface area contributed by atoms with Gasteiger partial charge in [-0.3, -0.25) is 9.69 Å². The molecule has 2 aromatic rings. The van der Waals surface area contributed by atoms with Gasteiger partial charge in [0.15, 0.2) is 0 Å². The molecule has 194 valence electrons. The Balaban J connectivity index is 2.25. The third kappa shape index (κ3) is 4.84. The molecule has 2 aromatic carbocycles. The molecule has 0 N–H and O–H groups in total. The summed E-state index contributed by atoms with van der Waals surface area (Å²) in [5, 5.41) is 0. The molecular formula is C29H37NO6. The summed E-state index contributed by atoms with van der Waals surface area (Å²) in [6.45, 7) is 12.2. The lowest BCUT2D eigenvalue weighted by Gasteiger charge is -2.37. The van der Waals surface area contributed by atoms with Crippen LogP contribution in [0.4, 0.5) is 5.69 Å². The highest BCUT2D eigenvalue weighted by Gasteiger charge is 2.54. The van der Waals surface area contributed by atoms with Crippen LogP contribution in [0.15, 0.2) is 36.4 Å². The molecule has 36 heavy (non-hydrogen) atoms. The standard InChI is InChI=1S/C29H37NO6/c1-9-36-26(32)20-11-10-12-23-21(20)17-29(16-18(2)3,27(33)35-8)30(23)25(31)19-13-14-22(28(4,5)6)24(15-19)34-7/h10-15,18H,9,16-17H2,1-8H3. The van der Waals surface area contributed by atoms with Gasteiger partial charge in [-0.1, -0.05) is 46.8 Å². The Kier molecular flexibility index (Phi) is 7.82. The maximum atomic E-state index is 14.2. The van der Waals surface area contributed by atoms with E-state index in [2.05, 4.69) is 20.8 Å². The quantitative estimate of drug-likeness (QED) is 0.483. The fourth-order valence-electron chi connectivity index (χ4n) is 5.12. The van der Waals surface area contributed by atoms with E-state index in [1.165, 1.54) is 12.0 Å². The van der Waals surface area contributed by atoms with Crippen LogP contribution in [0.25, 0.3) is 0 Å². The second-order valence-corrected chi connectivity index (χ2v) is 10.6. The van der Waals surface area contributed by atoms with Gasteiger partial charge in [0.1, 0.15) is 11.3 Å². The van der Waals surface area contributed by atoms with Crippen LogP contribution in [-0.2, 0) is 26.1 Å². The second kappa shape index (κ2) is 10.3. The number of anilines is 1. The molecule has 1 unspecified atom stereocenters. The van der Waals surface area contributed by atoms with Crippen molar-refractivity contribution < 1.29 is 28.6 Å². The summed E-state index contributed by atoms with van der Waals surface area (Å²) in [4.78, 5) is 42.0. The second-order valence-electron chi connectivity index (χ2n) is 10.6. The molecule has 0 aromatic heterocycles. The number of hydrogen-bond donors (Lipinski definition) is 0. The van der Waals surface area contributed by atoms with Crippen molar-refractivity contribution in [3.8, 4) is 5.75 Å². The molecule has 0 bridgehead atoms. The van der Waals surface area contributed by atoms with E-state index in [9.17, 15) is 14.4 Å². The molecule has 0 radical (unpaired) electrons. The molecule has 1 amide bonds. The number of esters is 2. The van der Waals surface area contributed by atoms with Gasteiger partial charge in [0.2, 0.25) is 0 Å². The normalized spacial score (nSPS) is 17.1. The van der Waals surface area contributed by atoms with E-state index in [-0.39, 0.29) is 30.3 Å². The Bertz CT molecular complexity index is 1160. The van der Waals surface area contributed by atoms with Crippen molar-refractivity contribution in [3.05, 3.63) is 58.7 Å². The highest BCUT2D eigenvalue weighted by molar-refractivity contribution is 6.14. The molecule has 3 rings (SSSR count). The molecule has 7 heteroatoms. The predicted octanol–water partition coefficient (Wildman–Crippen LogP) is 5.33. The van der Waals surface area contributed by atoms with Gasteiger partial charge in [-0.25, -0.2) is 9.59 Å². The molecular weight excluding hydrogens is 458 g/mol. The molecule has 1 aliphatic rings. The molecule has 0 aliphatic carbocycles. The lowest BCUT2D eigenvalue weighted by atomic mass is 9.83. The van der Waals surface area contributed by atoms with Crippen molar-refractivity contribution in [1.29, 1.82) is 0 Å². The summed E-state index contributed by atoms with van der Waals surface area (Å²) in [5.41, 5.74) is 1.32. The van der Waals surface area contributed by atoms with Crippen molar-refractivity contribution in [2.45, 2.75) is 65.3 Å². The van der Waals surface area contributed by atoms with Gasteiger partial charge in [-0.15, -0.1) is 0 Å². The van der Waals surface area contributed by atoms with Crippen LogP contribution in [0.3, 0.4) is 0 Å². The van der Waals surface area contributed by atoms with Crippen LogP contribution in [0, 0.1) is 5.92 Å². The number of fused-ring (bicyclic) bond motifs is 1. The zero-order valence-electron chi connectivity index (χ0n) is 22.6. The van der Waals surface area contributed by atoms with Crippen LogP contribution in [-0.4, -0.2) is 44.2 Å². The minimum Gasteiger partial charge on any atom is -0.496 e. The molecule has 0 saturated heterocycles. The lowest BCUT2D eigenvalue weighted by molar-refractivity contribution is -0.147. The topological polar surface area (TPSA) is 82.1 Å². The lowest BCUT2D eigenvalue weighted by Crippen LogP contribution is -2.57. The number of ether oxygens (including phenoxy) is 3. The van der Waals surface area contributed by atoms with Crippen molar-refractivity contribution in [2.24, 2.45) is 5.92 Å². The van der Waals surface area contributed by atoms with Gasteiger partial charge in [0.25, 0.3) is 5.91 Å². The van der Waals surface area contributed by atoms with E-state index in [1.54, 1.807) is 44.4 Å². The van der Waals surface area contributed by atoms with Gasteiger partial charge in [0, 0.05) is 17.7 Å². The number of carbonyl (C=O) groups excluding carboxylic acids is 3. The van der Waals surface area contributed by atoms with Crippen LogP contribution in [0.5, 0.6) is 5.75 Å². The van der Waals surface area contributed by atoms with Crippen LogP contribution in [0.1, 0.15) is 79.8 Å². The van der Waals surface area contributed by atoms with Crippen LogP contribution >= 0.6 is 0 Å². The number of nitrogens with zero attached hydrogens (tertiary/aromatic N) is 1. The van der Waals surface area contributed by atoms with E-state index < -0.39 is 17.5 Å². The zero-order valence-corrected chi connectivity index (χ0v) is 22.6. The third-order valence-electron chi connectivity index (χ3n) is 6.56. The molecule has 1 atom stereocenters. The van der Waals surface area contributed by atoms with Crippen molar-refractivity contribution in [3.63, 3.8) is 0 Å². The molecule has 0 saturated carbocycles. The first-order chi connectivity index (χ1) is 16.9. The van der Waals surface area contributed by atoms with Crippen molar-refractivity contribution >= 4 is 23.5 Å². The summed E-state index contributed by atoms with van der Waals surface area (Å²) in [7, 11) is 2.90. The van der Waals surface area contributed by atoms with Crippen molar-refractivity contribution in [1.82, 2.24) is 0 Å². The molecule has 1 heterocycles. The first kappa shape index (κ1) is 27.2. The summed E-state index contributed by atoms with van der Waals surface area (Å²) >= 11 is 0. The van der Waals surface area contributed by atoms with Gasteiger partial charge in [-0.05, 0) is 60.1 Å². The van der Waals surface area contributed by atoms with E-state index in [1.807, 2.05) is 19.9 Å². The fourth-order valence-corrected chi connectivity index (χ4v) is 5.12. The number of methoxy groups -OCH3 is 2. The highest BCUT2D eigenvalue weighted by atomic mass is 16.5. The van der Waals surface area contributed by atoms with Crippen molar-refractivity contribution in [2.75, 3.05) is 25.7 Å². The average Bonchev–Trinajstić information content (AvgIpc) is 3.16. The minimum atomic E-state index is -1.30. The maximum Gasteiger partial charge on any atom is 0.338 e. The number of carbonyl (C=O) groups is 3. The Morgan fingerprint density at radius 2 is 1.78 bits per heavy atom. The van der Waals surface area contributed by atoms with Crippen LogP contribution < -0.4 is 9.64 Å². The number of benzene rings is 2. The van der Waals surface area contributed by atoms with E-state index in [0.29, 0.717) is 34.5 Å². The van der Waals surface area contributed by atoms with E-state index in [4.69, 9.17) is 14.2 Å². The molecule has 0 fully saturated rings. The smallest absolute Gasteiger partial charge is 0.338 e. The Morgan fingerprint density at radius 3 is 2.33 bits per heavy atom. The summed E-state index contributed by atoms with van der Waals surface area (Å²) < 4.78 is 16.2. The average molecular weight is 496 g/mol. The van der Waals surface area contributed by atoms with Crippen LogP contribution in [0.2, 0.25) is 0 Å². The Morgan fingerprint density at radius 1 is 1.08 bits per heavy atom. The molecule has 7 nitrogen and oxygen atoms in total. The predicted molar refractivity (Wildman–Crippen MR) is 139 cm³/mol. The zero-order chi connectivity index (χ0) is 26.8. The van der Waals surface area contributed by atoms with Gasteiger partial charge < -0.3 is 14.2 Å². The third-order valence-corrected chi connectivity index (χ3v) is 6.56. The minimum absolute atomic E-state index is 0.0672. The van der Waals surface area contributed by atoms with E-state index in [0.717, 1.165) is 5.56 Å². The van der Waals surface area contributed by atoms with Gasteiger partial charge in [0.05, 0.1) is 26.4 Å². The first-order valence-electron chi connectivity index (χ1n) is 12.3. The van der Waals surface area contributed by atoms with E-state index >= 15 is 0 Å². The highest BCUT2D eigenvalue weighted by Crippen LogP contribution is 2.46. The maximum absolute atomic E-state index is 14.2. The molecule has 1 aliphatic heterocycles. The SMILES string of the molecule is CCOC(=O)c1cccc2c1CC(CC(C)C)(C(=O)OC)N2C(=O)c1ccc(C(C)(C)C)c(OC)c1. The Labute approximate surface area is 213 Å². The number of hydrogen-bond acceptors (Lipinski definition) is 6. The molecule has 0 spiro atoms.